The van der Waals surface area contributed by atoms with Gasteiger partial charge in [-0.2, -0.15) is 5.10 Å². The molecule has 4 atom stereocenters. The van der Waals surface area contributed by atoms with Gasteiger partial charge in [-0.3, -0.25) is 4.79 Å². The van der Waals surface area contributed by atoms with Crippen LogP contribution in [0.25, 0.3) is 5.52 Å². The molecule has 2 aromatic rings. The molecule has 0 amide bonds. The lowest BCUT2D eigenvalue weighted by atomic mass is 9.95. The van der Waals surface area contributed by atoms with E-state index in [0.29, 0.717) is 11.2 Å². The number of carbonyl (C=O) groups is 1. The Morgan fingerprint density at radius 1 is 1.48 bits per heavy atom. The third-order valence-electron chi connectivity index (χ3n) is 4.83. The van der Waals surface area contributed by atoms with Crippen LogP contribution in [0.4, 0.5) is 10.2 Å². The van der Waals surface area contributed by atoms with Crippen molar-refractivity contribution in [2.24, 2.45) is 5.41 Å². The second-order valence-electron chi connectivity index (χ2n) is 7.58. The summed E-state index contributed by atoms with van der Waals surface area (Å²) in [5, 5.41) is 25.1. The number of hydrogen-bond acceptors (Lipinski definition) is 8. The van der Waals surface area contributed by atoms with E-state index in [2.05, 4.69) is 10.1 Å². The normalized spacial score (nSPS) is 28.6. The number of hydrogen-bond donors (Lipinski definition) is 3. The van der Waals surface area contributed by atoms with Crippen molar-refractivity contribution >= 4 is 17.3 Å². The SMILES string of the molecule is CC(C)(CF)C(=O)OC[C@@]1(C)O[C@@H](c2ccc3c(N)ncnn23)[C@H](O)[C@@H]1O. The number of nitrogen functional groups attached to an aromatic ring is 1. The van der Waals surface area contributed by atoms with Crippen LogP contribution in [0.5, 0.6) is 0 Å². The number of ether oxygens (including phenoxy) is 2. The summed E-state index contributed by atoms with van der Waals surface area (Å²) in [5.74, 6) is -0.497. The topological polar surface area (TPSA) is 132 Å². The molecule has 0 unspecified atom stereocenters. The van der Waals surface area contributed by atoms with Crippen LogP contribution in [-0.2, 0) is 14.3 Å². The number of alkyl halides is 1. The fraction of sp³-hybridized carbons (Fsp3) is 0.588. The van der Waals surface area contributed by atoms with E-state index in [-0.39, 0.29) is 12.4 Å². The van der Waals surface area contributed by atoms with Gasteiger partial charge in [0, 0.05) is 0 Å². The van der Waals surface area contributed by atoms with Gasteiger partial charge >= 0.3 is 5.97 Å². The van der Waals surface area contributed by atoms with Crippen LogP contribution < -0.4 is 5.73 Å². The molecule has 10 heteroatoms. The van der Waals surface area contributed by atoms with Crippen molar-refractivity contribution in [3.05, 3.63) is 24.2 Å². The molecule has 0 saturated carbocycles. The van der Waals surface area contributed by atoms with Crippen molar-refractivity contribution in [3.8, 4) is 0 Å². The van der Waals surface area contributed by atoms with Crippen molar-refractivity contribution in [1.29, 1.82) is 0 Å². The number of aliphatic hydroxyl groups excluding tert-OH is 2. The summed E-state index contributed by atoms with van der Waals surface area (Å²) in [4.78, 5) is 15.9. The molecule has 3 heterocycles. The van der Waals surface area contributed by atoms with E-state index in [0.717, 1.165) is 0 Å². The smallest absolute Gasteiger partial charge is 0.314 e. The average Bonchev–Trinajstić information content (AvgIpc) is 3.16. The monoisotopic (exact) mass is 382 g/mol. The predicted octanol–water partition coefficient (Wildman–Crippen LogP) is 0.402. The molecule has 0 spiro atoms. The quantitative estimate of drug-likeness (QED) is 0.633. The summed E-state index contributed by atoms with van der Waals surface area (Å²) >= 11 is 0. The maximum absolute atomic E-state index is 12.9. The Kier molecular flexibility index (Phi) is 4.83. The second-order valence-corrected chi connectivity index (χ2v) is 7.58. The highest BCUT2D eigenvalue weighted by Gasteiger charge is 2.53. The number of anilines is 1. The Balaban J connectivity index is 1.82. The summed E-state index contributed by atoms with van der Waals surface area (Å²) in [6.07, 6.45) is -2.30. The number of rotatable bonds is 5. The molecule has 0 aromatic carbocycles. The zero-order chi connectivity index (χ0) is 20.0. The number of carbonyl (C=O) groups excluding carboxylic acids is 1. The zero-order valence-electron chi connectivity index (χ0n) is 15.3. The first-order valence-electron chi connectivity index (χ1n) is 8.46. The summed E-state index contributed by atoms with van der Waals surface area (Å²) < 4.78 is 25.4. The number of nitrogens with two attached hydrogens (primary N) is 1. The Bertz CT molecular complexity index is 857. The van der Waals surface area contributed by atoms with Gasteiger partial charge in [0.05, 0.1) is 11.1 Å². The fourth-order valence-corrected chi connectivity index (χ4v) is 2.96. The number of fused-ring (bicyclic) bond motifs is 1. The van der Waals surface area contributed by atoms with Crippen LogP contribution in [0.2, 0.25) is 0 Å². The lowest BCUT2D eigenvalue weighted by Crippen LogP contribution is -2.45. The lowest BCUT2D eigenvalue weighted by Gasteiger charge is -2.29. The molecule has 0 bridgehead atoms. The third-order valence-corrected chi connectivity index (χ3v) is 4.83. The minimum atomic E-state index is -1.38. The first-order valence-corrected chi connectivity index (χ1v) is 8.46. The third kappa shape index (κ3) is 3.24. The first kappa shape index (κ1) is 19.5. The molecule has 1 aliphatic heterocycles. The summed E-state index contributed by atoms with van der Waals surface area (Å²) in [6.45, 7) is 3.12. The number of nitrogens with zero attached hydrogens (tertiary/aromatic N) is 3. The van der Waals surface area contributed by atoms with E-state index in [1.807, 2.05) is 0 Å². The van der Waals surface area contributed by atoms with Gasteiger partial charge in [-0.05, 0) is 32.9 Å². The van der Waals surface area contributed by atoms with Crippen LogP contribution in [-0.4, -0.2) is 61.9 Å². The van der Waals surface area contributed by atoms with Gasteiger partial charge in [0.1, 0.15) is 49.0 Å². The number of halogens is 1. The minimum absolute atomic E-state index is 0.259. The molecular weight excluding hydrogens is 359 g/mol. The first-order chi connectivity index (χ1) is 12.6. The van der Waals surface area contributed by atoms with Crippen LogP contribution in [0, 0.1) is 5.41 Å². The highest BCUT2D eigenvalue weighted by atomic mass is 19.1. The van der Waals surface area contributed by atoms with Crippen LogP contribution >= 0.6 is 0 Å². The van der Waals surface area contributed by atoms with Gasteiger partial charge in [-0.1, -0.05) is 0 Å². The van der Waals surface area contributed by atoms with Crippen LogP contribution in [0.1, 0.15) is 32.6 Å². The van der Waals surface area contributed by atoms with E-state index in [1.54, 1.807) is 12.1 Å². The highest BCUT2D eigenvalue weighted by molar-refractivity contribution is 5.76. The molecule has 4 N–H and O–H groups in total. The van der Waals surface area contributed by atoms with E-state index < -0.39 is 42.0 Å². The van der Waals surface area contributed by atoms with E-state index >= 15 is 0 Å². The maximum atomic E-state index is 12.9. The van der Waals surface area contributed by atoms with Gasteiger partial charge in [0.2, 0.25) is 0 Å². The molecule has 1 saturated heterocycles. The van der Waals surface area contributed by atoms with Gasteiger partial charge in [0.25, 0.3) is 0 Å². The highest BCUT2D eigenvalue weighted by Crippen LogP contribution is 2.41. The van der Waals surface area contributed by atoms with Gasteiger partial charge in [0.15, 0.2) is 5.82 Å². The zero-order valence-corrected chi connectivity index (χ0v) is 15.3. The standard InChI is InChI=1S/C17H23FN4O5/c1-16(2,6-18)15(25)26-7-17(3)13(24)11(23)12(27-17)9-4-5-10-14(19)20-8-21-22(9)10/h4-5,8,11-13,23-24H,6-7H2,1-3H3,(H2,19,20,21)/t11-,12-,13-,17+/m0/s1. The van der Waals surface area contributed by atoms with Crippen molar-refractivity contribution in [3.63, 3.8) is 0 Å². The number of aromatic nitrogens is 3. The van der Waals surface area contributed by atoms with Crippen molar-refractivity contribution in [1.82, 2.24) is 14.6 Å². The van der Waals surface area contributed by atoms with E-state index in [9.17, 15) is 19.4 Å². The van der Waals surface area contributed by atoms with Gasteiger partial charge in [-0.25, -0.2) is 13.9 Å². The molecule has 27 heavy (non-hydrogen) atoms. The van der Waals surface area contributed by atoms with Crippen molar-refractivity contribution < 1.29 is 28.9 Å². The van der Waals surface area contributed by atoms with Gasteiger partial charge < -0.3 is 25.4 Å². The molecule has 2 aromatic heterocycles. The Morgan fingerprint density at radius 3 is 2.85 bits per heavy atom. The molecule has 148 valence electrons. The molecule has 9 nitrogen and oxygen atoms in total. The lowest BCUT2D eigenvalue weighted by molar-refractivity contribution is -0.169. The Morgan fingerprint density at radius 2 is 2.19 bits per heavy atom. The molecular formula is C17H23FN4O5. The molecule has 1 fully saturated rings. The Labute approximate surface area is 154 Å². The van der Waals surface area contributed by atoms with E-state index in [1.165, 1.54) is 31.6 Å². The van der Waals surface area contributed by atoms with Crippen LogP contribution in [0.15, 0.2) is 18.5 Å². The predicted molar refractivity (Wildman–Crippen MR) is 92.4 cm³/mol. The van der Waals surface area contributed by atoms with Crippen LogP contribution in [0.3, 0.4) is 0 Å². The molecule has 0 aliphatic carbocycles. The van der Waals surface area contributed by atoms with Crippen molar-refractivity contribution in [2.45, 2.75) is 44.7 Å². The average molecular weight is 382 g/mol. The number of esters is 1. The maximum Gasteiger partial charge on any atom is 0.314 e. The Hall–Kier alpha value is -2.30. The van der Waals surface area contributed by atoms with E-state index in [4.69, 9.17) is 15.2 Å². The summed E-state index contributed by atoms with van der Waals surface area (Å²) in [6, 6.07) is 3.33. The van der Waals surface area contributed by atoms with Gasteiger partial charge in [-0.15, -0.1) is 0 Å². The summed E-state index contributed by atoms with van der Waals surface area (Å²) in [5.41, 5.74) is 4.12. The molecule has 3 rings (SSSR count). The number of aliphatic hydroxyl groups is 2. The fourth-order valence-electron chi connectivity index (χ4n) is 2.96. The van der Waals surface area contributed by atoms with Crippen molar-refractivity contribution in [2.75, 3.05) is 19.0 Å². The largest absolute Gasteiger partial charge is 0.462 e. The molecule has 0 radical (unpaired) electrons. The second kappa shape index (κ2) is 6.70. The molecule has 1 aliphatic rings. The minimum Gasteiger partial charge on any atom is -0.462 e. The summed E-state index contributed by atoms with van der Waals surface area (Å²) in [7, 11) is 0.